The summed E-state index contributed by atoms with van der Waals surface area (Å²) in [5, 5.41) is 0. The second kappa shape index (κ2) is 6.89. The van der Waals surface area contributed by atoms with Crippen molar-refractivity contribution >= 4 is 15.9 Å². The standard InChI is InChI=1S/C12H18BrNO2/c1-9(2)15-5-6-16-12-7-11(13)4-3-10(12)8-14/h3-4,7,9H,5-6,8,14H2,1-2H3. The van der Waals surface area contributed by atoms with Crippen molar-refractivity contribution in [3.05, 3.63) is 28.2 Å². The molecule has 0 heterocycles. The van der Waals surface area contributed by atoms with Crippen LogP contribution in [0.5, 0.6) is 5.75 Å². The molecule has 2 N–H and O–H groups in total. The van der Waals surface area contributed by atoms with Gasteiger partial charge in [-0.1, -0.05) is 22.0 Å². The largest absolute Gasteiger partial charge is 0.491 e. The van der Waals surface area contributed by atoms with Gasteiger partial charge in [0.2, 0.25) is 0 Å². The topological polar surface area (TPSA) is 44.5 Å². The van der Waals surface area contributed by atoms with Gasteiger partial charge in [0.25, 0.3) is 0 Å². The van der Waals surface area contributed by atoms with Gasteiger partial charge in [-0.25, -0.2) is 0 Å². The molecule has 0 bridgehead atoms. The van der Waals surface area contributed by atoms with E-state index in [0.29, 0.717) is 19.8 Å². The maximum Gasteiger partial charge on any atom is 0.125 e. The first kappa shape index (κ1) is 13.5. The molecule has 0 atom stereocenters. The summed E-state index contributed by atoms with van der Waals surface area (Å²) in [7, 11) is 0. The van der Waals surface area contributed by atoms with E-state index in [1.165, 1.54) is 0 Å². The zero-order valence-corrected chi connectivity index (χ0v) is 11.3. The minimum Gasteiger partial charge on any atom is -0.491 e. The number of hydrogen-bond acceptors (Lipinski definition) is 3. The number of benzene rings is 1. The highest BCUT2D eigenvalue weighted by Gasteiger charge is 2.03. The number of hydrogen-bond donors (Lipinski definition) is 1. The second-order valence-corrected chi connectivity index (χ2v) is 4.64. The molecule has 1 rings (SSSR count). The Kier molecular flexibility index (Phi) is 5.80. The summed E-state index contributed by atoms with van der Waals surface area (Å²) in [5.74, 6) is 0.823. The Morgan fingerprint density at radius 3 is 2.69 bits per heavy atom. The Hall–Kier alpha value is -0.580. The van der Waals surface area contributed by atoms with Crippen LogP contribution in [0.2, 0.25) is 0 Å². The number of halogens is 1. The molecule has 90 valence electrons. The SMILES string of the molecule is CC(C)OCCOc1cc(Br)ccc1CN. The van der Waals surface area contributed by atoms with E-state index < -0.39 is 0 Å². The molecule has 0 fully saturated rings. The van der Waals surface area contributed by atoms with Crippen LogP contribution in [0.15, 0.2) is 22.7 Å². The monoisotopic (exact) mass is 287 g/mol. The van der Waals surface area contributed by atoms with Crippen LogP contribution in [0.1, 0.15) is 19.4 Å². The molecule has 1 aromatic carbocycles. The quantitative estimate of drug-likeness (QED) is 0.819. The Labute approximate surface area is 105 Å². The first-order valence-electron chi connectivity index (χ1n) is 5.36. The van der Waals surface area contributed by atoms with Crippen molar-refractivity contribution in [1.29, 1.82) is 0 Å². The van der Waals surface area contributed by atoms with Crippen LogP contribution in [0.3, 0.4) is 0 Å². The van der Waals surface area contributed by atoms with E-state index in [9.17, 15) is 0 Å². The van der Waals surface area contributed by atoms with Crippen LogP contribution >= 0.6 is 15.9 Å². The van der Waals surface area contributed by atoms with E-state index in [-0.39, 0.29) is 6.10 Å². The molecule has 0 aromatic heterocycles. The lowest BCUT2D eigenvalue weighted by Gasteiger charge is -2.12. The van der Waals surface area contributed by atoms with Crippen LogP contribution in [0, 0.1) is 0 Å². The minimum atomic E-state index is 0.236. The second-order valence-electron chi connectivity index (χ2n) is 3.72. The molecule has 0 saturated carbocycles. The summed E-state index contributed by atoms with van der Waals surface area (Å²) in [6.07, 6.45) is 0.236. The number of rotatable bonds is 6. The lowest BCUT2D eigenvalue weighted by Crippen LogP contribution is -2.12. The van der Waals surface area contributed by atoms with Crippen molar-refractivity contribution in [3.63, 3.8) is 0 Å². The fourth-order valence-corrected chi connectivity index (χ4v) is 1.61. The van der Waals surface area contributed by atoms with Crippen LogP contribution in [0.4, 0.5) is 0 Å². The molecule has 0 saturated heterocycles. The highest BCUT2D eigenvalue weighted by Crippen LogP contribution is 2.23. The summed E-state index contributed by atoms with van der Waals surface area (Å²) in [6, 6.07) is 5.85. The Morgan fingerprint density at radius 2 is 2.06 bits per heavy atom. The number of ether oxygens (including phenoxy) is 2. The molecule has 0 aliphatic carbocycles. The third-order valence-corrected chi connectivity index (χ3v) is 2.53. The van der Waals surface area contributed by atoms with Gasteiger partial charge >= 0.3 is 0 Å². The molecule has 1 aromatic rings. The summed E-state index contributed by atoms with van der Waals surface area (Å²) < 4.78 is 12.0. The number of nitrogens with two attached hydrogens (primary N) is 1. The van der Waals surface area contributed by atoms with Crippen molar-refractivity contribution in [2.24, 2.45) is 5.73 Å². The van der Waals surface area contributed by atoms with Crippen LogP contribution in [-0.4, -0.2) is 19.3 Å². The van der Waals surface area contributed by atoms with Crippen LogP contribution in [-0.2, 0) is 11.3 Å². The zero-order chi connectivity index (χ0) is 12.0. The molecule has 0 unspecified atom stereocenters. The van der Waals surface area contributed by atoms with Gasteiger partial charge in [-0.2, -0.15) is 0 Å². The van der Waals surface area contributed by atoms with Gasteiger partial charge in [-0.3, -0.25) is 0 Å². The van der Waals surface area contributed by atoms with Crippen molar-refractivity contribution < 1.29 is 9.47 Å². The zero-order valence-electron chi connectivity index (χ0n) is 9.70. The normalized spacial score (nSPS) is 10.8. The first-order chi connectivity index (χ1) is 7.63. The smallest absolute Gasteiger partial charge is 0.125 e. The molecule has 0 spiro atoms. The highest BCUT2D eigenvalue weighted by atomic mass is 79.9. The molecule has 0 radical (unpaired) electrons. The predicted octanol–water partition coefficient (Wildman–Crippen LogP) is 2.71. The highest BCUT2D eigenvalue weighted by molar-refractivity contribution is 9.10. The third kappa shape index (κ3) is 4.51. The molecule has 4 heteroatoms. The van der Waals surface area contributed by atoms with Crippen molar-refractivity contribution in [2.75, 3.05) is 13.2 Å². The van der Waals surface area contributed by atoms with Gasteiger partial charge in [0.1, 0.15) is 12.4 Å². The lowest BCUT2D eigenvalue weighted by molar-refractivity contribution is 0.0550. The molecular formula is C12H18BrNO2. The van der Waals surface area contributed by atoms with E-state index in [1.807, 2.05) is 32.0 Å². The van der Waals surface area contributed by atoms with E-state index in [4.69, 9.17) is 15.2 Å². The van der Waals surface area contributed by atoms with Gasteiger partial charge in [0.15, 0.2) is 0 Å². The third-order valence-electron chi connectivity index (χ3n) is 2.04. The van der Waals surface area contributed by atoms with Crippen molar-refractivity contribution in [3.8, 4) is 5.75 Å². The van der Waals surface area contributed by atoms with Gasteiger partial charge in [0.05, 0.1) is 12.7 Å². The van der Waals surface area contributed by atoms with Crippen LogP contribution < -0.4 is 10.5 Å². The predicted molar refractivity (Wildman–Crippen MR) is 68.6 cm³/mol. The Balaban J connectivity index is 2.48. The van der Waals surface area contributed by atoms with Gasteiger partial charge in [0, 0.05) is 16.6 Å². The summed E-state index contributed by atoms with van der Waals surface area (Å²) in [5.41, 5.74) is 6.63. The van der Waals surface area contributed by atoms with Gasteiger partial charge in [-0.15, -0.1) is 0 Å². The summed E-state index contributed by atoms with van der Waals surface area (Å²) in [4.78, 5) is 0. The molecule has 0 aliphatic heterocycles. The van der Waals surface area contributed by atoms with Gasteiger partial charge in [-0.05, 0) is 26.0 Å². The van der Waals surface area contributed by atoms with E-state index in [0.717, 1.165) is 15.8 Å². The van der Waals surface area contributed by atoms with Crippen LogP contribution in [0.25, 0.3) is 0 Å². The summed E-state index contributed by atoms with van der Waals surface area (Å²) in [6.45, 7) is 5.62. The Morgan fingerprint density at radius 1 is 1.31 bits per heavy atom. The maximum atomic E-state index is 5.63. The Bertz CT molecular complexity index is 329. The molecule has 16 heavy (non-hydrogen) atoms. The average Bonchev–Trinajstić information content (AvgIpc) is 2.24. The fraction of sp³-hybridized carbons (Fsp3) is 0.500. The lowest BCUT2D eigenvalue weighted by atomic mass is 10.2. The molecule has 0 aliphatic rings. The molecular weight excluding hydrogens is 270 g/mol. The van der Waals surface area contributed by atoms with E-state index >= 15 is 0 Å². The van der Waals surface area contributed by atoms with E-state index in [1.54, 1.807) is 0 Å². The first-order valence-corrected chi connectivity index (χ1v) is 6.15. The summed E-state index contributed by atoms with van der Waals surface area (Å²) >= 11 is 3.41. The van der Waals surface area contributed by atoms with E-state index in [2.05, 4.69) is 15.9 Å². The van der Waals surface area contributed by atoms with Crippen molar-refractivity contribution in [1.82, 2.24) is 0 Å². The maximum absolute atomic E-state index is 5.63. The fourth-order valence-electron chi connectivity index (χ4n) is 1.27. The molecule has 3 nitrogen and oxygen atoms in total. The minimum absolute atomic E-state index is 0.236. The average molecular weight is 288 g/mol. The van der Waals surface area contributed by atoms with Gasteiger partial charge < -0.3 is 15.2 Å². The van der Waals surface area contributed by atoms with Crippen molar-refractivity contribution in [2.45, 2.75) is 26.5 Å². The molecule has 0 amide bonds.